The van der Waals surface area contributed by atoms with E-state index in [0.29, 0.717) is 26.1 Å². The molecule has 0 spiro atoms. The zero-order chi connectivity index (χ0) is 14.7. The lowest BCUT2D eigenvalue weighted by molar-refractivity contribution is -0.142. The summed E-state index contributed by atoms with van der Waals surface area (Å²) in [6.07, 6.45) is 1.26. The molecular formula is C14H24Cl2N4O2S. The molecule has 6 nitrogen and oxygen atoms in total. The van der Waals surface area contributed by atoms with E-state index in [1.807, 2.05) is 10.4 Å². The van der Waals surface area contributed by atoms with Crippen LogP contribution in [-0.4, -0.2) is 65.6 Å². The van der Waals surface area contributed by atoms with Crippen molar-refractivity contribution in [3.8, 4) is 0 Å². The van der Waals surface area contributed by atoms with Crippen LogP contribution >= 0.6 is 36.2 Å². The second-order valence-corrected chi connectivity index (χ2v) is 6.54. The molecule has 9 heteroatoms. The fourth-order valence-electron chi connectivity index (χ4n) is 2.92. The molecule has 132 valence electrons. The van der Waals surface area contributed by atoms with Crippen LogP contribution in [-0.2, 0) is 16.1 Å². The van der Waals surface area contributed by atoms with Crippen molar-refractivity contribution >= 4 is 42.1 Å². The maximum absolute atomic E-state index is 12.6. The maximum atomic E-state index is 12.6. The fraction of sp³-hybridized carbons (Fsp3) is 0.714. The zero-order valence-corrected chi connectivity index (χ0v) is 15.4. The van der Waals surface area contributed by atoms with Crippen LogP contribution in [0.2, 0.25) is 0 Å². The molecule has 3 rings (SSSR count). The van der Waals surface area contributed by atoms with Crippen LogP contribution in [0.4, 0.5) is 0 Å². The van der Waals surface area contributed by atoms with Crippen LogP contribution in [0.1, 0.15) is 18.5 Å². The Bertz CT molecular complexity index is 475. The number of halogens is 2. The molecule has 0 aliphatic carbocycles. The average Bonchev–Trinajstić information content (AvgIpc) is 3.01. The number of ether oxygens (including phenoxy) is 1. The molecule has 2 saturated heterocycles. The Morgan fingerprint density at radius 2 is 1.91 bits per heavy atom. The van der Waals surface area contributed by atoms with Gasteiger partial charge in [-0.15, -0.1) is 36.2 Å². The van der Waals surface area contributed by atoms with E-state index < -0.39 is 5.54 Å². The van der Waals surface area contributed by atoms with Gasteiger partial charge in [-0.25, -0.2) is 4.98 Å². The summed E-state index contributed by atoms with van der Waals surface area (Å²) < 4.78 is 5.31. The molecule has 0 radical (unpaired) electrons. The number of thiazole rings is 1. The Balaban J connectivity index is 0.00000132. The number of carbonyl (C=O) groups is 1. The topological polar surface area (TPSA) is 71.7 Å². The number of piperazine rings is 1. The van der Waals surface area contributed by atoms with Crippen molar-refractivity contribution in [3.63, 3.8) is 0 Å². The molecule has 0 bridgehead atoms. The van der Waals surface area contributed by atoms with Gasteiger partial charge in [0, 0.05) is 51.3 Å². The zero-order valence-electron chi connectivity index (χ0n) is 13.0. The predicted molar refractivity (Wildman–Crippen MR) is 95.4 cm³/mol. The van der Waals surface area contributed by atoms with Gasteiger partial charge in [-0.05, 0) is 12.8 Å². The van der Waals surface area contributed by atoms with Crippen molar-refractivity contribution in [1.82, 2.24) is 14.8 Å². The van der Waals surface area contributed by atoms with E-state index in [0.717, 1.165) is 38.4 Å². The number of hydrogen-bond acceptors (Lipinski definition) is 6. The molecular weight excluding hydrogens is 359 g/mol. The minimum atomic E-state index is -0.713. The van der Waals surface area contributed by atoms with E-state index in [2.05, 4.69) is 15.3 Å². The van der Waals surface area contributed by atoms with E-state index in [1.54, 1.807) is 11.3 Å². The Morgan fingerprint density at radius 1 is 1.26 bits per heavy atom. The number of amides is 1. The molecule has 1 aromatic heterocycles. The Hall–Kier alpha value is -0.440. The van der Waals surface area contributed by atoms with Gasteiger partial charge < -0.3 is 15.4 Å². The molecule has 2 N–H and O–H groups in total. The third kappa shape index (κ3) is 5.01. The van der Waals surface area contributed by atoms with Gasteiger partial charge in [0.25, 0.3) is 0 Å². The van der Waals surface area contributed by atoms with Gasteiger partial charge >= 0.3 is 0 Å². The lowest BCUT2D eigenvalue weighted by Gasteiger charge is -2.40. The Morgan fingerprint density at radius 3 is 2.48 bits per heavy atom. The molecule has 0 aromatic carbocycles. The minimum absolute atomic E-state index is 0. The predicted octanol–water partition coefficient (Wildman–Crippen LogP) is 1.14. The quantitative estimate of drug-likeness (QED) is 0.848. The molecule has 2 aliphatic heterocycles. The first-order chi connectivity index (χ1) is 10.2. The normalized spacial score (nSPS) is 21.2. The summed E-state index contributed by atoms with van der Waals surface area (Å²) >= 11 is 1.62. The van der Waals surface area contributed by atoms with E-state index in [4.69, 9.17) is 10.5 Å². The monoisotopic (exact) mass is 382 g/mol. The Kier molecular flexibility index (Phi) is 8.20. The van der Waals surface area contributed by atoms with Crippen LogP contribution in [0.3, 0.4) is 0 Å². The molecule has 0 atom stereocenters. The summed E-state index contributed by atoms with van der Waals surface area (Å²) in [4.78, 5) is 21.2. The van der Waals surface area contributed by atoms with Crippen LogP contribution in [0.5, 0.6) is 0 Å². The van der Waals surface area contributed by atoms with E-state index >= 15 is 0 Å². The van der Waals surface area contributed by atoms with Gasteiger partial charge in [0.2, 0.25) is 5.91 Å². The van der Waals surface area contributed by atoms with Gasteiger partial charge in [-0.2, -0.15) is 0 Å². The summed E-state index contributed by atoms with van der Waals surface area (Å²) in [5, 5.41) is 2.08. The average molecular weight is 383 g/mol. The SMILES string of the molecule is Cl.Cl.NC1(C(=O)N2CCN(Cc3cscn3)CC2)CCOCC1. The first-order valence-electron chi connectivity index (χ1n) is 7.43. The number of aromatic nitrogens is 1. The molecule has 2 fully saturated rings. The molecule has 0 saturated carbocycles. The lowest BCUT2D eigenvalue weighted by atomic mass is 9.89. The van der Waals surface area contributed by atoms with Gasteiger partial charge in [0.1, 0.15) is 0 Å². The van der Waals surface area contributed by atoms with Crippen molar-refractivity contribution in [3.05, 3.63) is 16.6 Å². The lowest BCUT2D eigenvalue weighted by Crippen LogP contribution is -2.61. The van der Waals surface area contributed by atoms with Crippen LogP contribution in [0.15, 0.2) is 10.9 Å². The van der Waals surface area contributed by atoms with E-state index in [9.17, 15) is 4.79 Å². The molecule has 0 unspecified atom stereocenters. The Labute approximate surface area is 153 Å². The van der Waals surface area contributed by atoms with Gasteiger partial charge in [0.15, 0.2) is 0 Å². The first-order valence-corrected chi connectivity index (χ1v) is 8.37. The molecule has 1 amide bonds. The third-order valence-electron chi connectivity index (χ3n) is 4.34. The van der Waals surface area contributed by atoms with Crippen molar-refractivity contribution in [2.75, 3.05) is 39.4 Å². The maximum Gasteiger partial charge on any atom is 0.242 e. The molecule has 23 heavy (non-hydrogen) atoms. The number of rotatable bonds is 3. The number of nitrogens with zero attached hydrogens (tertiary/aromatic N) is 3. The van der Waals surface area contributed by atoms with Gasteiger partial charge in [-0.1, -0.05) is 0 Å². The van der Waals surface area contributed by atoms with Crippen LogP contribution < -0.4 is 5.73 Å². The number of nitrogens with two attached hydrogens (primary N) is 1. The van der Waals surface area contributed by atoms with Crippen LogP contribution in [0.25, 0.3) is 0 Å². The van der Waals surface area contributed by atoms with Crippen molar-refractivity contribution in [1.29, 1.82) is 0 Å². The number of hydrogen-bond donors (Lipinski definition) is 1. The second-order valence-electron chi connectivity index (χ2n) is 5.82. The summed E-state index contributed by atoms with van der Waals surface area (Å²) in [5.41, 5.74) is 8.54. The standard InChI is InChI=1S/C14H22N4O2S.2ClH/c15-14(1-7-20-8-2-14)13(19)18-5-3-17(4-6-18)9-12-10-21-11-16-12;;/h10-11H,1-9,15H2;2*1H. The van der Waals surface area contributed by atoms with Crippen LogP contribution in [0, 0.1) is 0 Å². The third-order valence-corrected chi connectivity index (χ3v) is 4.97. The molecule has 3 heterocycles. The highest BCUT2D eigenvalue weighted by Gasteiger charge is 2.39. The first kappa shape index (κ1) is 20.6. The summed E-state index contributed by atoms with van der Waals surface area (Å²) in [7, 11) is 0. The van der Waals surface area contributed by atoms with E-state index in [1.165, 1.54) is 0 Å². The van der Waals surface area contributed by atoms with Crippen molar-refractivity contribution in [2.45, 2.75) is 24.9 Å². The highest BCUT2D eigenvalue weighted by atomic mass is 35.5. The summed E-state index contributed by atoms with van der Waals surface area (Å²) in [6.45, 7) is 5.32. The van der Waals surface area contributed by atoms with E-state index in [-0.39, 0.29) is 30.7 Å². The highest BCUT2D eigenvalue weighted by Crippen LogP contribution is 2.21. The molecule has 1 aromatic rings. The minimum Gasteiger partial charge on any atom is -0.381 e. The smallest absolute Gasteiger partial charge is 0.242 e. The van der Waals surface area contributed by atoms with Crippen molar-refractivity contribution < 1.29 is 9.53 Å². The second kappa shape index (κ2) is 9.15. The number of carbonyl (C=O) groups excluding carboxylic acids is 1. The largest absolute Gasteiger partial charge is 0.381 e. The summed E-state index contributed by atoms with van der Waals surface area (Å²) in [6, 6.07) is 0. The van der Waals surface area contributed by atoms with Gasteiger partial charge in [-0.3, -0.25) is 9.69 Å². The molecule has 2 aliphatic rings. The van der Waals surface area contributed by atoms with Gasteiger partial charge in [0.05, 0.1) is 16.7 Å². The highest BCUT2D eigenvalue weighted by molar-refractivity contribution is 7.07. The van der Waals surface area contributed by atoms with Crippen molar-refractivity contribution in [2.24, 2.45) is 5.73 Å². The summed E-state index contributed by atoms with van der Waals surface area (Å²) in [5.74, 6) is 0.0964. The fourth-order valence-corrected chi connectivity index (χ4v) is 3.47.